The highest BCUT2D eigenvalue weighted by atomic mass is 19.1. The summed E-state index contributed by atoms with van der Waals surface area (Å²) < 4.78 is 32.8. The summed E-state index contributed by atoms with van der Waals surface area (Å²) in [5.41, 5.74) is 2.53. The summed E-state index contributed by atoms with van der Waals surface area (Å²) in [6.07, 6.45) is 10.3. The number of benzene rings is 1. The Morgan fingerprint density at radius 2 is 1.79 bits per heavy atom. The summed E-state index contributed by atoms with van der Waals surface area (Å²) in [4.78, 5) is 4.43. The Hall–Kier alpha value is -1.97. The van der Waals surface area contributed by atoms with Gasteiger partial charge in [0.15, 0.2) is 11.6 Å². The number of unbranched alkanes of at least 4 members (excludes halogenated alkanes) is 5. The minimum Gasteiger partial charge on any atom is -0.491 e. The van der Waals surface area contributed by atoms with Crippen LogP contribution in [0, 0.1) is 5.82 Å². The molecule has 2 rings (SSSR count). The number of halogens is 2. The molecule has 0 saturated heterocycles. The summed E-state index contributed by atoms with van der Waals surface area (Å²) >= 11 is 0. The van der Waals surface area contributed by atoms with E-state index < -0.39 is 6.17 Å². The number of ether oxygens (including phenoxy) is 1. The van der Waals surface area contributed by atoms with Crippen LogP contribution in [0.25, 0.3) is 11.3 Å². The van der Waals surface area contributed by atoms with Crippen molar-refractivity contribution in [2.24, 2.45) is 0 Å². The van der Waals surface area contributed by atoms with Crippen LogP contribution in [0.1, 0.15) is 70.8 Å². The molecule has 0 aliphatic heterocycles. The van der Waals surface area contributed by atoms with E-state index in [0.717, 1.165) is 42.5 Å². The first kappa shape index (κ1) is 22.3. The molecule has 0 bridgehead atoms. The molecule has 0 N–H and O–H groups in total. The summed E-state index contributed by atoms with van der Waals surface area (Å²) in [7, 11) is 0. The van der Waals surface area contributed by atoms with Crippen LogP contribution in [0.15, 0.2) is 36.5 Å². The fraction of sp³-hybridized carbons (Fsp3) is 0.542. The van der Waals surface area contributed by atoms with Crippen LogP contribution in [-0.2, 0) is 6.42 Å². The van der Waals surface area contributed by atoms with Gasteiger partial charge in [0.25, 0.3) is 0 Å². The molecule has 0 radical (unpaired) electrons. The van der Waals surface area contributed by atoms with Crippen LogP contribution in [-0.4, -0.2) is 17.8 Å². The van der Waals surface area contributed by atoms with E-state index in [1.807, 2.05) is 18.2 Å². The Balaban J connectivity index is 1.82. The molecule has 154 valence electrons. The molecule has 0 fully saturated rings. The van der Waals surface area contributed by atoms with E-state index in [0.29, 0.717) is 18.8 Å². The Morgan fingerprint density at radius 3 is 2.46 bits per heavy atom. The van der Waals surface area contributed by atoms with Crippen molar-refractivity contribution in [1.29, 1.82) is 0 Å². The molecule has 2 nitrogen and oxygen atoms in total. The average Bonchev–Trinajstić information content (AvgIpc) is 2.68. The standard InChI is InChI=1S/C24H33F2NO/c1-3-4-5-6-7-8-16-28-24-15-13-21(17-22(24)26)23-14-12-20(18-27-23)11-9-10-19(2)25/h12-15,17-19H,3-11,16H2,1-2H3. The van der Waals surface area contributed by atoms with Crippen molar-refractivity contribution in [3.05, 3.63) is 47.9 Å². The van der Waals surface area contributed by atoms with Crippen molar-refractivity contribution < 1.29 is 13.5 Å². The van der Waals surface area contributed by atoms with Gasteiger partial charge in [-0.15, -0.1) is 0 Å². The third-order valence-electron chi connectivity index (χ3n) is 4.88. The van der Waals surface area contributed by atoms with Crippen LogP contribution in [0.4, 0.5) is 8.78 Å². The number of hydrogen-bond donors (Lipinski definition) is 0. The van der Waals surface area contributed by atoms with Gasteiger partial charge in [-0.2, -0.15) is 0 Å². The Bertz CT molecular complexity index is 686. The summed E-state index contributed by atoms with van der Waals surface area (Å²) in [6.45, 7) is 4.33. The molecule has 1 unspecified atom stereocenters. The fourth-order valence-corrected chi connectivity index (χ4v) is 3.17. The molecular weight excluding hydrogens is 356 g/mol. The lowest BCUT2D eigenvalue weighted by molar-refractivity contribution is 0.290. The lowest BCUT2D eigenvalue weighted by Gasteiger charge is -2.09. The number of pyridine rings is 1. The molecule has 4 heteroatoms. The van der Waals surface area contributed by atoms with Crippen molar-refractivity contribution in [3.8, 4) is 17.0 Å². The molecule has 0 aliphatic carbocycles. The highest BCUT2D eigenvalue weighted by molar-refractivity contribution is 5.60. The highest BCUT2D eigenvalue weighted by Crippen LogP contribution is 2.25. The van der Waals surface area contributed by atoms with Crippen molar-refractivity contribution in [2.75, 3.05) is 6.61 Å². The molecule has 0 amide bonds. The minimum absolute atomic E-state index is 0.300. The highest BCUT2D eigenvalue weighted by Gasteiger charge is 2.08. The molecule has 0 aliphatic rings. The van der Waals surface area contributed by atoms with E-state index in [4.69, 9.17) is 4.74 Å². The molecule has 1 aromatic heterocycles. The SMILES string of the molecule is CCCCCCCCOc1ccc(-c2ccc(CCCC(C)F)cn2)cc1F. The van der Waals surface area contributed by atoms with Gasteiger partial charge in [0.2, 0.25) is 0 Å². The maximum Gasteiger partial charge on any atom is 0.165 e. The summed E-state index contributed by atoms with van der Waals surface area (Å²) in [5, 5.41) is 0. The monoisotopic (exact) mass is 389 g/mol. The van der Waals surface area contributed by atoms with E-state index in [9.17, 15) is 8.78 Å². The maximum atomic E-state index is 14.3. The van der Waals surface area contributed by atoms with Gasteiger partial charge < -0.3 is 4.74 Å². The van der Waals surface area contributed by atoms with Crippen LogP contribution >= 0.6 is 0 Å². The topological polar surface area (TPSA) is 22.1 Å². The van der Waals surface area contributed by atoms with E-state index in [2.05, 4.69) is 11.9 Å². The largest absolute Gasteiger partial charge is 0.491 e. The van der Waals surface area contributed by atoms with Gasteiger partial charge in [-0.05, 0) is 62.4 Å². The van der Waals surface area contributed by atoms with Crippen LogP contribution in [0.2, 0.25) is 0 Å². The third-order valence-corrected chi connectivity index (χ3v) is 4.88. The molecular formula is C24H33F2NO. The second-order valence-corrected chi connectivity index (χ2v) is 7.49. The van der Waals surface area contributed by atoms with Crippen molar-refractivity contribution in [3.63, 3.8) is 0 Å². The van der Waals surface area contributed by atoms with Crippen LogP contribution in [0.3, 0.4) is 0 Å². The number of aromatic nitrogens is 1. The first-order chi connectivity index (χ1) is 13.6. The first-order valence-electron chi connectivity index (χ1n) is 10.6. The third kappa shape index (κ3) is 7.95. The number of alkyl halides is 1. The lowest BCUT2D eigenvalue weighted by atomic mass is 10.1. The van der Waals surface area contributed by atoms with E-state index in [1.54, 1.807) is 19.2 Å². The zero-order valence-corrected chi connectivity index (χ0v) is 17.2. The molecule has 0 saturated carbocycles. The van der Waals surface area contributed by atoms with Gasteiger partial charge >= 0.3 is 0 Å². The second-order valence-electron chi connectivity index (χ2n) is 7.49. The molecule has 1 atom stereocenters. The molecule has 2 aromatic rings. The van der Waals surface area contributed by atoms with Gasteiger partial charge in [0.05, 0.1) is 18.5 Å². The molecule has 0 spiro atoms. The zero-order valence-electron chi connectivity index (χ0n) is 17.2. The molecule has 1 aromatic carbocycles. The van der Waals surface area contributed by atoms with Gasteiger partial charge in [-0.3, -0.25) is 4.98 Å². The van der Waals surface area contributed by atoms with Gasteiger partial charge in [-0.25, -0.2) is 8.78 Å². The van der Waals surface area contributed by atoms with E-state index in [-0.39, 0.29) is 5.82 Å². The van der Waals surface area contributed by atoms with Gasteiger partial charge in [-0.1, -0.05) is 45.1 Å². The Morgan fingerprint density at radius 1 is 1.00 bits per heavy atom. The minimum atomic E-state index is -0.767. The van der Waals surface area contributed by atoms with Crippen molar-refractivity contribution in [1.82, 2.24) is 4.98 Å². The van der Waals surface area contributed by atoms with Crippen molar-refractivity contribution >= 4 is 0 Å². The van der Waals surface area contributed by atoms with Gasteiger partial charge in [0.1, 0.15) is 0 Å². The maximum absolute atomic E-state index is 14.3. The predicted octanol–water partition coefficient (Wildman–Crippen LogP) is 7.31. The Labute approximate surface area is 168 Å². The smallest absolute Gasteiger partial charge is 0.165 e. The summed E-state index contributed by atoms with van der Waals surface area (Å²) in [6, 6.07) is 8.86. The van der Waals surface area contributed by atoms with E-state index >= 15 is 0 Å². The van der Waals surface area contributed by atoms with E-state index in [1.165, 1.54) is 31.7 Å². The second kappa shape index (κ2) is 12.5. The first-order valence-corrected chi connectivity index (χ1v) is 10.6. The zero-order chi connectivity index (χ0) is 20.2. The number of hydrogen-bond acceptors (Lipinski definition) is 2. The normalized spacial score (nSPS) is 12.1. The number of rotatable bonds is 13. The predicted molar refractivity (Wildman–Crippen MR) is 112 cm³/mol. The fourth-order valence-electron chi connectivity index (χ4n) is 3.17. The number of nitrogens with zero attached hydrogens (tertiary/aromatic N) is 1. The van der Waals surface area contributed by atoms with Gasteiger partial charge in [0, 0.05) is 11.8 Å². The summed E-state index contributed by atoms with van der Waals surface area (Å²) in [5.74, 6) is -0.0550. The lowest BCUT2D eigenvalue weighted by Crippen LogP contribution is -1.99. The van der Waals surface area contributed by atoms with Crippen molar-refractivity contribution in [2.45, 2.75) is 77.8 Å². The van der Waals surface area contributed by atoms with Crippen LogP contribution < -0.4 is 4.74 Å². The average molecular weight is 390 g/mol. The Kier molecular flexibility index (Phi) is 9.95. The molecule has 1 heterocycles. The molecule has 28 heavy (non-hydrogen) atoms. The van der Waals surface area contributed by atoms with Crippen LogP contribution in [0.5, 0.6) is 5.75 Å². The number of aryl methyl sites for hydroxylation is 1. The quantitative estimate of drug-likeness (QED) is 0.335.